The molecule has 0 fully saturated rings. The van der Waals surface area contributed by atoms with Crippen molar-refractivity contribution < 1.29 is 9.13 Å². The quantitative estimate of drug-likeness (QED) is 0.846. The third kappa shape index (κ3) is 4.43. The first-order valence-electron chi connectivity index (χ1n) is 6.51. The van der Waals surface area contributed by atoms with Crippen LogP contribution < -0.4 is 10.5 Å². The van der Waals surface area contributed by atoms with Crippen molar-refractivity contribution >= 4 is 27.5 Å². The van der Waals surface area contributed by atoms with Gasteiger partial charge in [-0.05, 0) is 54.3 Å². The van der Waals surface area contributed by atoms with Gasteiger partial charge in [0.05, 0.1) is 7.11 Å². The summed E-state index contributed by atoms with van der Waals surface area (Å²) in [5, 5.41) is 0.409. The minimum Gasteiger partial charge on any atom is -0.496 e. The van der Waals surface area contributed by atoms with Crippen LogP contribution in [-0.2, 0) is 12.8 Å². The molecule has 2 nitrogen and oxygen atoms in total. The van der Waals surface area contributed by atoms with E-state index in [-0.39, 0.29) is 11.9 Å². The maximum absolute atomic E-state index is 13.0. The summed E-state index contributed by atoms with van der Waals surface area (Å²) in [6.45, 7) is 0. The van der Waals surface area contributed by atoms with Crippen molar-refractivity contribution in [1.82, 2.24) is 0 Å². The van der Waals surface area contributed by atoms with Crippen molar-refractivity contribution in [2.75, 3.05) is 7.11 Å². The summed E-state index contributed by atoms with van der Waals surface area (Å²) in [7, 11) is 1.63. The highest BCUT2D eigenvalue weighted by Gasteiger charge is 2.12. The minimum atomic E-state index is -0.342. The Kier molecular flexibility index (Phi) is 5.62. The second-order valence-corrected chi connectivity index (χ2v) is 6.18. The molecule has 21 heavy (non-hydrogen) atoms. The van der Waals surface area contributed by atoms with E-state index in [0.29, 0.717) is 17.9 Å². The zero-order chi connectivity index (χ0) is 15.4. The summed E-state index contributed by atoms with van der Waals surface area (Å²) in [5.74, 6) is 0.463. The first-order chi connectivity index (χ1) is 9.99. The van der Waals surface area contributed by atoms with E-state index in [1.54, 1.807) is 13.2 Å². The molecule has 0 aromatic heterocycles. The molecule has 2 aromatic carbocycles. The van der Waals surface area contributed by atoms with E-state index >= 15 is 0 Å². The normalized spacial score (nSPS) is 12.2. The van der Waals surface area contributed by atoms with Gasteiger partial charge in [0.1, 0.15) is 11.6 Å². The van der Waals surface area contributed by atoms with Crippen LogP contribution in [0.4, 0.5) is 4.39 Å². The second-order valence-electron chi connectivity index (χ2n) is 4.86. The third-order valence-electron chi connectivity index (χ3n) is 3.22. The molecule has 0 saturated carbocycles. The van der Waals surface area contributed by atoms with E-state index in [1.165, 1.54) is 12.1 Å². The maximum atomic E-state index is 13.0. The summed E-state index contributed by atoms with van der Waals surface area (Å²) < 4.78 is 19.4. The van der Waals surface area contributed by atoms with Crippen LogP contribution in [0.5, 0.6) is 5.75 Å². The minimum absolute atomic E-state index is 0.129. The average molecular weight is 373 g/mol. The molecular weight excluding hydrogens is 357 g/mol. The zero-order valence-corrected chi connectivity index (χ0v) is 13.9. The fourth-order valence-corrected chi connectivity index (χ4v) is 2.88. The molecule has 0 aliphatic carbocycles. The van der Waals surface area contributed by atoms with Crippen molar-refractivity contribution in [1.29, 1.82) is 0 Å². The van der Waals surface area contributed by atoms with Crippen LogP contribution in [0, 0.1) is 5.82 Å². The smallest absolute Gasteiger partial charge is 0.124 e. The number of ether oxygens (including phenoxy) is 1. The predicted octanol–water partition coefficient (Wildman–Crippen LogP) is 4.36. The van der Waals surface area contributed by atoms with Gasteiger partial charge in [-0.25, -0.2) is 4.39 Å². The fourth-order valence-electron chi connectivity index (χ4n) is 2.23. The van der Waals surface area contributed by atoms with Gasteiger partial charge in [0.15, 0.2) is 0 Å². The van der Waals surface area contributed by atoms with E-state index in [0.717, 1.165) is 21.3 Å². The Balaban J connectivity index is 2.11. The standard InChI is InChI=1S/C16H16BrClFNO/c1-21-16-5-3-12(17)6-11(16)8-14(20)7-10-2-4-13(19)9-15(10)18/h2-6,9,14H,7-8,20H2,1H3. The molecule has 0 radical (unpaired) electrons. The van der Waals surface area contributed by atoms with Crippen LogP contribution in [0.15, 0.2) is 40.9 Å². The molecule has 2 aromatic rings. The van der Waals surface area contributed by atoms with Gasteiger partial charge in [0.25, 0.3) is 0 Å². The number of nitrogens with two attached hydrogens (primary N) is 1. The van der Waals surface area contributed by atoms with E-state index in [1.807, 2.05) is 18.2 Å². The fraction of sp³-hybridized carbons (Fsp3) is 0.250. The second kappa shape index (κ2) is 7.25. The van der Waals surface area contributed by atoms with E-state index < -0.39 is 0 Å². The number of methoxy groups -OCH3 is 1. The van der Waals surface area contributed by atoms with Crippen molar-refractivity contribution in [3.8, 4) is 5.75 Å². The van der Waals surface area contributed by atoms with Crippen LogP contribution in [0.3, 0.4) is 0 Å². The van der Waals surface area contributed by atoms with E-state index in [9.17, 15) is 4.39 Å². The Morgan fingerprint density at radius 2 is 1.90 bits per heavy atom. The highest BCUT2D eigenvalue weighted by atomic mass is 79.9. The summed E-state index contributed by atoms with van der Waals surface area (Å²) in [6.07, 6.45) is 1.23. The predicted molar refractivity (Wildman–Crippen MR) is 87.5 cm³/mol. The molecule has 0 saturated heterocycles. The molecular formula is C16H16BrClFNO. The number of hydrogen-bond acceptors (Lipinski definition) is 2. The lowest BCUT2D eigenvalue weighted by Gasteiger charge is -2.15. The Morgan fingerprint density at radius 3 is 2.57 bits per heavy atom. The monoisotopic (exact) mass is 371 g/mol. The molecule has 0 heterocycles. The number of halogens is 3. The first kappa shape index (κ1) is 16.3. The Labute approximate surface area is 137 Å². The number of rotatable bonds is 5. The number of benzene rings is 2. The highest BCUT2D eigenvalue weighted by molar-refractivity contribution is 9.10. The molecule has 0 amide bonds. The molecule has 5 heteroatoms. The largest absolute Gasteiger partial charge is 0.496 e. The molecule has 1 unspecified atom stereocenters. The van der Waals surface area contributed by atoms with Gasteiger partial charge in [-0.15, -0.1) is 0 Å². The van der Waals surface area contributed by atoms with Crippen LogP contribution in [0.1, 0.15) is 11.1 Å². The lowest BCUT2D eigenvalue weighted by Crippen LogP contribution is -2.26. The topological polar surface area (TPSA) is 35.2 Å². The van der Waals surface area contributed by atoms with Gasteiger partial charge in [-0.2, -0.15) is 0 Å². The van der Waals surface area contributed by atoms with Gasteiger partial charge in [-0.3, -0.25) is 0 Å². The summed E-state index contributed by atoms with van der Waals surface area (Å²) in [6, 6.07) is 10.1. The van der Waals surface area contributed by atoms with E-state index in [4.69, 9.17) is 22.1 Å². The molecule has 112 valence electrons. The van der Waals surface area contributed by atoms with Crippen molar-refractivity contribution in [2.24, 2.45) is 5.73 Å². The SMILES string of the molecule is COc1ccc(Br)cc1CC(N)Cc1ccc(F)cc1Cl. The molecule has 2 rings (SSSR count). The van der Waals surface area contributed by atoms with Gasteiger partial charge >= 0.3 is 0 Å². The first-order valence-corrected chi connectivity index (χ1v) is 7.68. The van der Waals surface area contributed by atoms with Gasteiger partial charge in [-0.1, -0.05) is 33.6 Å². The van der Waals surface area contributed by atoms with Crippen LogP contribution in [-0.4, -0.2) is 13.2 Å². The summed E-state index contributed by atoms with van der Waals surface area (Å²) in [5.41, 5.74) is 8.07. The zero-order valence-electron chi connectivity index (χ0n) is 11.6. The lowest BCUT2D eigenvalue weighted by atomic mass is 9.99. The Morgan fingerprint density at radius 1 is 1.19 bits per heavy atom. The molecule has 0 bridgehead atoms. The highest BCUT2D eigenvalue weighted by Crippen LogP contribution is 2.25. The van der Waals surface area contributed by atoms with E-state index in [2.05, 4.69) is 15.9 Å². The van der Waals surface area contributed by atoms with Crippen molar-refractivity contribution in [2.45, 2.75) is 18.9 Å². The van der Waals surface area contributed by atoms with Gasteiger partial charge in [0, 0.05) is 15.5 Å². The molecule has 0 aliphatic rings. The molecule has 0 aliphatic heterocycles. The Hall–Kier alpha value is -1.10. The lowest BCUT2D eigenvalue weighted by molar-refractivity contribution is 0.407. The summed E-state index contributed by atoms with van der Waals surface area (Å²) >= 11 is 9.48. The van der Waals surface area contributed by atoms with Crippen LogP contribution in [0.25, 0.3) is 0 Å². The average Bonchev–Trinajstić information content (AvgIpc) is 2.42. The van der Waals surface area contributed by atoms with Crippen LogP contribution in [0.2, 0.25) is 5.02 Å². The Bertz CT molecular complexity index is 636. The van der Waals surface area contributed by atoms with Gasteiger partial charge in [0.2, 0.25) is 0 Å². The van der Waals surface area contributed by atoms with Crippen LogP contribution >= 0.6 is 27.5 Å². The maximum Gasteiger partial charge on any atom is 0.124 e. The van der Waals surface area contributed by atoms with Gasteiger partial charge < -0.3 is 10.5 Å². The summed E-state index contributed by atoms with van der Waals surface area (Å²) in [4.78, 5) is 0. The molecule has 0 spiro atoms. The molecule has 1 atom stereocenters. The number of hydrogen-bond donors (Lipinski definition) is 1. The van der Waals surface area contributed by atoms with Crippen molar-refractivity contribution in [3.05, 3.63) is 62.8 Å². The van der Waals surface area contributed by atoms with Crippen molar-refractivity contribution in [3.63, 3.8) is 0 Å². The third-order valence-corrected chi connectivity index (χ3v) is 4.07. The molecule has 2 N–H and O–H groups in total.